The van der Waals surface area contributed by atoms with Gasteiger partial charge in [-0.05, 0) is 38.1 Å². The van der Waals surface area contributed by atoms with E-state index < -0.39 is 0 Å². The van der Waals surface area contributed by atoms with Gasteiger partial charge in [-0.3, -0.25) is 0 Å². The van der Waals surface area contributed by atoms with Crippen molar-refractivity contribution in [3.63, 3.8) is 0 Å². The molecule has 0 bridgehead atoms. The quantitative estimate of drug-likeness (QED) is 0.831. The van der Waals surface area contributed by atoms with Crippen molar-refractivity contribution in [2.24, 2.45) is 11.7 Å². The lowest BCUT2D eigenvalue weighted by Crippen LogP contribution is -2.01. The Hall–Kier alpha value is -0.900. The van der Waals surface area contributed by atoms with Crippen LogP contribution in [-0.2, 0) is 6.42 Å². The summed E-state index contributed by atoms with van der Waals surface area (Å²) in [5.74, 6) is 3.06. The maximum absolute atomic E-state index is 5.45. The van der Waals surface area contributed by atoms with Crippen LogP contribution < -0.4 is 5.73 Å². The van der Waals surface area contributed by atoms with Crippen molar-refractivity contribution in [3.05, 3.63) is 11.7 Å². The van der Waals surface area contributed by atoms with E-state index in [1.54, 1.807) is 0 Å². The number of aryl methyl sites for hydroxylation is 1. The second kappa shape index (κ2) is 5.43. The molecule has 0 spiro atoms. The predicted molar refractivity (Wildman–Crippen MR) is 62.0 cm³/mol. The van der Waals surface area contributed by atoms with Crippen LogP contribution in [-0.4, -0.2) is 16.7 Å². The highest BCUT2D eigenvalue weighted by Crippen LogP contribution is 2.38. The highest BCUT2D eigenvalue weighted by molar-refractivity contribution is 4.99. The van der Waals surface area contributed by atoms with Crippen LogP contribution in [0.15, 0.2) is 4.52 Å². The van der Waals surface area contributed by atoms with Crippen LogP contribution in [0, 0.1) is 5.92 Å². The molecule has 90 valence electrons. The lowest BCUT2D eigenvalue weighted by Gasteiger charge is -2.04. The molecule has 16 heavy (non-hydrogen) atoms. The van der Waals surface area contributed by atoms with Crippen LogP contribution in [0.3, 0.4) is 0 Å². The van der Waals surface area contributed by atoms with Crippen molar-refractivity contribution in [1.29, 1.82) is 0 Å². The Morgan fingerprint density at radius 3 is 3.00 bits per heavy atom. The second-order valence-electron chi connectivity index (χ2n) is 4.72. The van der Waals surface area contributed by atoms with Gasteiger partial charge in [0, 0.05) is 12.3 Å². The summed E-state index contributed by atoms with van der Waals surface area (Å²) in [4.78, 5) is 4.47. The summed E-state index contributed by atoms with van der Waals surface area (Å²) >= 11 is 0. The van der Waals surface area contributed by atoms with Gasteiger partial charge in [-0.25, -0.2) is 0 Å². The summed E-state index contributed by atoms with van der Waals surface area (Å²) in [5.41, 5.74) is 5.45. The molecule has 0 aromatic carbocycles. The third-order valence-corrected chi connectivity index (χ3v) is 3.56. The topological polar surface area (TPSA) is 64.9 Å². The third kappa shape index (κ3) is 2.61. The molecule has 0 amide bonds. The predicted octanol–water partition coefficient (Wildman–Crippen LogP) is 2.25. The molecule has 1 fully saturated rings. The Morgan fingerprint density at radius 1 is 1.44 bits per heavy atom. The lowest BCUT2D eigenvalue weighted by molar-refractivity contribution is 0.367. The van der Waals surface area contributed by atoms with E-state index in [1.165, 1.54) is 25.7 Å². The van der Waals surface area contributed by atoms with E-state index in [2.05, 4.69) is 17.1 Å². The first-order valence-corrected chi connectivity index (χ1v) is 6.36. The van der Waals surface area contributed by atoms with E-state index in [9.17, 15) is 0 Å². The highest BCUT2D eigenvalue weighted by Gasteiger charge is 2.28. The number of nitrogens with two attached hydrogens (primary N) is 1. The van der Waals surface area contributed by atoms with Crippen LogP contribution in [0.25, 0.3) is 0 Å². The molecule has 2 N–H and O–H groups in total. The molecular formula is C12H21N3O. The summed E-state index contributed by atoms with van der Waals surface area (Å²) in [6.07, 6.45) is 6.76. The van der Waals surface area contributed by atoms with E-state index in [0.29, 0.717) is 12.5 Å². The van der Waals surface area contributed by atoms with E-state index >= 15 is 0 Å². The molecule has 0 saturated heterocycles. The van der Waals surface area contributed by atoms with Crippen molar-refractivity contribution in [2.75, 3.05) is 6.54 Å². The van der Waals surface area contributed by atoms with E-state index in [0.717, 1.165) is 30.5 Å². The second-order valence-corrected chi connectivity index (χ2v) is 4.72. The molecule has 4 nitrogen and oxygen atoms in total. The zero-order chi connectivity index (χ0) is 11.4. The van der Waals surface area contributed by atoms with Crippen molar-refractivity contribution in [1.82, 2.24) is 10.1 Å². The fourth-order valence-electron chi connectivity index (χ4n) is 2.47. The molecule has 2 atom stereocenters. The molecule has 1 aliphatic carbocycles. The van der Waals surface area contributed by atoms with E-state index in [1.807, 2.05) is 0 Å². The average molecular weight is 223 g/mol. The maximum atomic E-state index is 5.45. The van der Waals surface area contributed by atoms with Gasteiger partial charge in [0.25, 0.3) is 0 Å². The Labute approximate surface area is 96.6 Å². The summed E-state index contributed by atoms with van der Waals surface area (Å²) in [6, 6.07) is 0. The number of hydrogen-bond acceptors (Lipinski definition) is 4. The standard InChI is InChI=1S/C12H21N3O/c1-2-9-5-6-10(8-9)12-14-11(16-15-12)4-3-7-13/h9-10H,2-8,13H2,1H3. The van der Waals surface area contributed by atoms with Crippen molar-refractivity contribution in [3.8, 4) is 0 Å². The molecule has 1 aliphatic rings. The maximum Gasteiger partial charge on any atom is 0.226 e. The molecule has 2 unspecified atom stereocenters. The van der Waals surface area contributed by atoms with Crippen LogP contribution in [0.4, 0.5) is 0 Å². The summed E-state index contributed by atoms with van der Waals surface area (Å²) in [7, 11) is 0. The monoisotopic (exact) mass is 223 g/mol. The molecule has 0 aliphatic heterocycles. The van der Waals surface area contributed by atoms with Gasteiger partial charge >= 0.3 is 0 Å². The molecule has 2 rings (SSSR count). The Bertz CT molecular complexity index is 324. The SMILES string of the molecule is CCC1CCC(c2noc(CCCN)n2)C1. The van der Waals surface area contributed by atoms with Gasteiger partial charge in [-0.15, -0.1) is 0 Å². The Morgan fingerprint density at radius 2 is 2.31 bits per heavy atom. The van der Waals surface area contributed by atoms with Crippen LogP contribution in [0.2, 0.25) is 0 Å². The summed E-state index contributed by atoms with van der Waals surface area (Å²) in [5, 5.41) is 4.09. The molecule has 1 aromatic rings. The van der Waals surface area contributed by atoms with Crippen molar-refractivity contribution >= 4 is 0 Å². The molecule has 0 radical (unpaired) electrons. The third-order valence-electron chi connectivity index (χ3n) is 3.56. The minimum atomic E-state index is 0.528. The van der Waals surface area contributed by atoms with Gasteiger partial charge in [0.05, 0.1) is 0 Å². The lowest BCUT2D eigenvalue weighted by atomic mass is 10.0. The van der Waals surface area contributed by atoms with Gasteiger partial charge in [0.15, 0.2) is 5.82 Å². The minimum absolute atomic E-state index is 0.528. The fourth-order valence-corrected chi connectivity index (χ4v) is 2.47. The first-order valence-electron chi connectivity index (χ1n) is 6.36. The molecular weight excluding hydrogens is 202 g/mol. The first kappa shape index (κ1) is 11.6. The zero-order valence-electron chi connectivity index (χ0n) is 9.98. The van der Waals surface area contributed by atoms with Gasteiger partial charge in [-0.2, -0.15) is 4.98 Å². The van der Waals surface area contributed by atoms with Gasteiger partial charge in [-0.1, -0.05) is 18.5 Å². The van der Waals surface area contributed by atoms with Crippen molar-refractivity contribution < 1.29 is 4.52 Å². The molecule has 1 aromatic heterocycles. The summed E-state index contributed by atoms with van der Waals surface area (Å²) in [6.45, 7) is 2.94. The number of rotatable bonds is 5. The number of aromatic nitrogens is 2. The fraction of sp³-hybridized carbons (Fsp3) is 0.833. The van der Waals surface area contributed by atoms with Gasteiger partial charge < -0.3 is 10.3 Å². The minimum Gasteiger partial charge on any atom is -0.339 e. The zero-order valence-corrected chi connectivity index (χ0v) is 9.98. The van der Waals surface area contributed by atoms with Crippen LogP contribution >= 0.6 is 0 Å². The van der Waals surface area contributed by atoms with Gasteiger partial charge in [0.2, 0.25) is 5.89 Å². The average Bonchev–Trinajstić information content (AvgIpc) is 2.94. The van der Waals surface area contributed by atoms with E-state index in [-0.39, 0.29) is 0 Å². The number of nitrogens with zero attached hydrogens (tertiary/aromatic N) is 2. The number of hydrogen-bond donors (Lipinski definition) is 1. The Balaban J connectivity index is 1.92. The Kier molecular flexibility index (Phi) is 3.93. The van der Waals surface area contributed by atoms with Crippen LogP contribution in [0.1, 0.15) is 56.7 Å². The highest BCUT2D eigenvalue weighted by atomic mass is 16.5. The van der Waals surface area contributed by atoms with Gasteiger partial charge in [0.1, 0.15) is 0 Å². The largest absolute Gasteiger partial charge is 0.339 e. The van der Waals surface area contributed by atoms with Crippen LogP contribution in [0.5, 0.6) is 0 Å². The molecule has 4 heteroatoms. The normalized spacial score (nSPS) is 25.1. The molecule has 1 saturated carbocycles. The van der Waals surface area contributed by atoms with E-state index in [4.69, 9.17) is 10.3 Å². The first-order chi connectivity index (χ1) is 7.83. The smallest absolute Gasteiger partial charge is 0.226 e. The van der Waals surface area contributed by atoms with Crippen molar-refractivity contribution in [2.45, 2.75) is 51.4 Å². The molecule has 1 heterocycles. The summed E-state index contributed by atoms with van der Waals surface area (Å²) < 4.78 is 5.23.